The topological polar surface area (TPSA) is 46.5 Å². The van der Waals surface area contributed by atoms with Crippen molar-refractivity contribution < 1.29 is 13.9 Å². The van der Waals surface area contributed by atoms with Gasteiger partial charge in [0, 0.05) is 6.16 Å². The van der Waals surface area contributed by atoms with Gasteiger partial charge in [-0.05, 0) is 50.2 Å². The van der Waals surface area contributed by atoms with Gasteiger partial charge in [0.15, 0.2) is 16.3 Å². The van der Waals surface area contributed by atoms with E-state index in [1.807, 2.05) is 0 Å². The molecule has 20 heavy (non-hydrogen) atoms. The van der Waals surface area contributed by atoms with Crippen molar-refractivity contribution in [2.24, 2.45) is 0 Å². The van der Waals surface area contributed by atoms with Crippen molar-refractivity contribution in [2.75, 3.05) is 6.16 Å². The van der Waals surface area contributed by atoms with Crippen LogP contribution in [-0.2, 0) is 8.99 Å². The zero-order chi connectivity index (χ0) is 15.4. The van der Waals surface area contributed by atoms with Crippen LogP contribution in [0.2, 0.25) is 18.1 Å². The van der Waals surface area contributed by atoms with Gasteiger partial charge < -0.3 is 9.32 Å². The number of unbranched alkanes of at least 4 members (excludes halogenated alkanes) is 1. The van der Waals surface area contributed by atoms with Gasteiger partial charge in [-0.15, -0.1) is 0 Å². The number of rotatable bonds is 7. The summed E-state index contributed by atoms with van der Waals surface area (Å²) in [6, 6.07) is 0. The van der Waals surface area contributed by atoms with Crippen molar-refractivity contribution in [3.05, 3.63) is 11.6 Å². The first kappa shape index (κ1) is 18.2. The monoisotopic (exact) mass is 318 g/mol. The highest BCUT2D eigenvalue weighted by Crippen LogP contribution is 2.39. The minimum Gasteiger partial charge on any atom is -0.411 e. The Morgan fingerprint density at radius 3 is 2.60 bits per heavy atom. The second-order valence-electron chi connectivity index (χ2n) is 7.38. The maximum atomic E-state index is 10.7. The Morgan fingerprint density at radius 2 is 2.05 bits per heavy atom. The molecule has 1 aliphatic carbocycles. The summed E-state index contributed by atoms with van der Waals surface area (Å²) in [7, 11) is -3.94. The van der Waals surface area contributed by atoms with Crippen LogP contribution < -0.4 is 0 Å². The Balaban J connectivity index is 2.39. The highest BCUT2D eigenvalue weighted by Gasteiger charge is 2.39. The van der Waals surface area contributed by atoms with E-state index in [-0.39, 0.29) is 5.04 Å². The Hall–Kier alpha value is 0.107. The minimum atomic E-state index is -2.27. The lowest BCUT2D eigenvalue weighted by Gasteiger charge is -2.38. The van der Waals surface area contributed by atoms with Gasteiger partial charge in [-0.25, -0.2) is 0 Å². The van der Waals surface area contributed by atoms with Crippen LogP contribution in [0.15, 0.2) is 11.6 Å². The van der Waals surface area contributed by atoms with Crippen LogP contribution in [0, 0.1) is 0 Å². The van der Waals surface area contributed by atoms with E-state index in [2.05, 4.69) is 39.9 Å². The van der Waals surface area contributed by atoms with Gasteiger partial charge in [0.2, 0.25) is 0 Å². The molecule has 1 aliphatic rings. The molecule has 0 aromatic rings. The van der Waals surface area contributed by atoms with Gasteiger partial charge in [0.1, 0.15) is 0 Å². The molecule has 0 bridgehead atoms. The van der Waals surface area contributed by atoms with Gasteiger partial charge in [-0.2, -0.15) is 0 Å². The van der Waals surface area contributed by atoms with Gasteiger partial charge >= 0.3 is 0 Å². The molecule has 0 heterocycles. The fraction of sp³-hybridized carbons (Fsp3) is 0.867. The van der Waals surface area contributed by atoms with Crippen molar-refractivity contribution in [1.82, 2.24) is 0 Å². The highest BCUT2D eigenvalue weighted by atomic mass is 31.1. The van der Waals surface area contributed by atoms with Crippen molar-refractivity contribution in [1.29, 1.82) is 0 Å². The standard InChI is InChI=1S/C15H31O3PSi/c1-15(2,3)20(4,5)18-14-10-9-13(12-14)8-6-7-11-19(16)17/h12,14,19H,6-11H2,1-5H3,(H,16,17). The third kappa shape index (κ3) is 5.85. The molecule has 2 unspecified atom stereocenters. The van der Waals surface area contributed by atoms with Crippen LogP contribution in [-0.4, -0.2) is 25.5 Å². The SMILES string of the molecule is CC(C)(C)[Si](C)(C)OC1C=C(CCCC[PH](=O)O)CC1. The van der Waals surface area contributed by atoms with E-state index in [0.717, 1.165) is 32.1 Å². The summed E-state index contributed by atoms with van der Waals surface area (Å²) in [4.78, 5) is 8.81. The Bertz CT molecular complexity index is 372. The predicted molar refractivity (Wildman–Crippen MR) is 89.3 cm³/mol. The molecule has 1 rings (SSSR count). The summed E-state index contributed by atoms with van der Waals surface area (Å²) in [6.45, 7) is 11.4. The molecule has 0 aliphatic heterocycles. The molecule has 0 radical (unpaired) electrons. The van der Waals surface area contributed by atoms with Crippen molar-refractivity contribution >= 4 is 16.3 Å². The zero-order valence-corrected chi connectivity index (χ0v) is 15.7. The fourth-order valence-electron chi connectivity index (χ4n) is 2.24. The fourth-order valence-corrected chi connectivity index (χ4v) is 4.09. The molecule has 0 aromatic heterocycles. The van der Waals surface area contributed by atoms with E-state index in [1.54, 1.807) is 0 Å². The second kappa shape index (κ2) is 7.39. The van der Waals surface area contributed by atoms with Crippen LogP contribution in [0.25, 0.3) is 0 Å². The Morgan fingerprint density at radius 1 is 1.40 bits per heavy atom. The van der Waals surface area contributed by atoms with Crippen LogP contribution in [0.5, 0.6) is 0 Å². The quantitative estimate of drug-likeness (QED) is 0.319. The Kier molecular flexibility index (Phi) is 6.71. The van der Waals surface area contributed by atoms with Crippen molar-refractivity contribution in [3.8, 4) is 0 Å². The molecule has 3 nitrogen and oxygen atoms in total. The number of hydrogen-bond acceptors (Lipinski definition) is 2. The van der Waals surface area contributed by atoms with Crippen LogP contribution in [0.3, 0.4) is 0 Å². The molecule has 0 aromatic carbocycles. The first-order valence-electron chi connectivity index (χ1n) is 7.71. The molecular weight excluding hydrogens is 287 g/mol. The first-order valence-corrected chi connectivity index (χ1v) is 12.2. The van der Waals surface area contributed by atoms with E-state index in [9.17, 15) is 4.57 Å². The van der Waals surface area contributed by atoms with Gasteiger partial charge in [-0.3, -0.25) is 4.57 Å². The third-order valence-electron chi connectivity index (χ3n) is 4.56. The average molecular weight is 318 g/mol. The summed E-state index contributed by atoms with van der Waals surface area (Å²) in [5.74, 6) is 0. The number of allylic oxidation sites excluding steroid dienone is 1. The maximum absolute atomic E-state index is 10.7. The van der Waals surface area contributed by atoms with Gasteiger partial charge in [0.25, 0.3) is 0 Å². The molecule has 0 saturated heterocycles. The van der Waals surface area contributed by atoms with Gasteiger partial charge in [-0.1, -0.05) is 32.4 Å². The van der Waals surface area contributed by atoms with Crippen LogP contribution in [0.4, 0.5) is 0 Å². The van der Waals surface area contributed by atoms with Gasteiger partial charge in [0.05, 0.1) is 6.10 Å². The van der Waals surface area contributed by atoms with E-state index in [4.69, 9.17) is 9.32 Å². The van der Waals surface area contributed by atoms with E-state index < -0.39 is 16.3 Å². The lowest BCUT2D eigenvalue weighted by atomic mass is 10.1. The molecule has 1 N–H and O–H groups in total. The molecule has 0 saturated carbocycles. The molecule has 0 spiro atoms. The van der Waals surface area contributed by atoms with E-state index in [1.165, 1.54) is 5.57 Å². The summed E-state index contributed by atoms with van der Waals surface area (Å²) >= 11 is 0. The lowest BCUT2D eigenvalue weighted by Crippen LogP contribution is -2.43. The summed E-state index contributed by atoms with van der Waals surface area (Å²) in [6.07, 6.45) is 8.26. The smallest absolute Gasteiger partial charge is 0.192 e. The van der Waals surface area contributed by atoms with E-state index in [0.29, 0.717) is 12.3 Å². The highest BCUT2D eigenvalue weighted by molar-refractivity contribution is 7.37. The predicted octanol–water partition coefficient (Wildman–Crippen LogP) is 4.73. The molecular formula is C15H31O3PSi. The lowest BCUT2D eigenvalue weighted by molar-refractivity contribution is 0.224. The summed E-state index contributed by atoms with van der Waals surface area (Å²) < 4.78 is 17.1. The third-order valence-corrected chi connectivity index (χ3v) is 9.85. The largest absolute Gasteiger partial charge is 0.411 e. The number of hydrogen-bond donors (Lipinski definition) is 1. The maximum Gasteiger partial charge on any atom is 0.192 e. The van der Waals surface area contributed by atoms with E-state index >= 15 is 0 Å². The molecule has 118 valence electrons. The molecule has 2 atom stereocenters. The first-order chi connectivity index (χ1) is 9.12. The zero-order valence-electron chi connectivity index (χ0n) is 13.7. The van der Waals surface area contributed by atoms with Crippen LogP contribution in [0.1, 0.15) is 52.9 Å². The second-order valence-corrected chi connectivity index (χ2v) is 13.4. The normalized spacial score (nSPS) is 21.9. The molecule has 0 amide bonds. The average Bonchev–Trinajstić information content (AvgIpc) is 2.69. The van der Waals surface area contributed by atoms with Crippen molar-refractivity contribution in [3.63, 3.8) is 0 Å². The van der Waals surface area contributed by atoms with Crippen LogP contribution >= 0.6 is 8.03 Å². The summed E-state index contributed by atoms with van der Waals surface area (Å²) in [5, 5.41) is 0.261. The molecule has 0 fully saturated rings. The minimum absolute atomic E-state index is 0.261. The Labute approximate surface area is 125 Å². The van der Waals surface area contributed by atoms with Crippen molar-refractivity contribution in [2.45, 2.75) is 77.1 Å². The summed E-state index contributed by atoms with van der Waals surface area (Å²) in [5.41, 5.74) is 1.48. The molecule has 5 heteroatoms.